The molecule has 6 nitrogen and oxygen atoms in total. The van der Waals surface area contributed by atoms with Crippen molar-refractivity contribution in [1.82, 2.24) is 10.3 Å². The van der Waals surface area contributed by atoms with Crippen molar-refractivity contribution in [3.8, 4) is 0 Å². The van der Waals surface area contributed by atoms with Gasteiger partial charge in [-0.05, 0) is 59.6 Å². The molecule has 0 aromatic carbocycles. The number of nitrogens with zero attached hydrogens (tertiary/aromatic N) is 1. The minimum Gasteiger partial charge on any atom is -0.444 e. The fourth-order valence-corrected chi connectivity index (χ4v) is 4.23. The molecule has 34 heavy (non-hydrogen) atoms. The first-order chi connectivity index (χ1) is 16.1. The van der Waals surface area contributed by atoms with Crippen LogP contribution in [0.15, 0.2) is 18.2 Å². The van der Waals surface area contributed by atoms with E-state index in [9.17, 15) is 4.79 Å². The van der Waals surface area contributed by atoms with Crippen LogP contribution in [0.5, 0.6) is 0 Å². The highest BCUT2D eigenvalue weighted by Crippen LogP contribution is 2.32. The fraction of sp³-hybridized carbons (Fsp3) is 0.786. The average Bonchev–Trinajstić information content (AvgIpc) is 2.75. The van der Waals surface area contributed by atoms with Crippen molar-refractivity contribution < 1.29 is 19.0 Å². The van der Waals surface area contributed by atoms with E-state index in [1.165, 1.54) is 57.8 Å². The molecule has 2 rings (SSSR count). The number of carbonyl (C=O) groups is 1. The van der Waals surface area contributed by atoms with Crippen LogP contribution in [0.1, 0.15) is 123 Å². The van der Waals surface area contributed by atoms with Gasteiger partial charge in [0, 0.05) is 5.69 Å². The molecular formula is C28H48N2O4. The van der Waals surface area contributed by atoms with Gasteiger partial charge in [0.15, 0.2) is 5.79 Å². The van der Waals surface area contributed by atoms with E-state index in [1.807, 2.05) is 46.8 Å². The van der Waals surface area contributed by atoms with Crippen LogP contribution in [0.3, 0.4) is 0 Å². The summed E-state index contributed by atoms with van der Waals surface area (Å²) in [5.41, 5.74) is 1.32. The lowest BCUT2D eigenvalue weighted by atomic mass is 10.0. The third-order valence-electron chi connectivity index (χ3n) is 6.00. The van der Waals surface area contributed by atoms with Crippen LogP contribution < -0.4 is 5.32 Å². The van der Waals surface area contributed by atoms with Gasteiger partial charge >= 0.3 is 6.09 Å². The molecule has 1 aromatic rings. The molecule has 1 aliphatic rings. The van der Waals surface area contributed by atoms with E-state index >= 15 is 0 Å². The summed E-state index contributed by atoms with van der Waals surface area (Å²) in [4.78, 5) is 17.3. The summed E-state index contributed by atoms with van der Waals surface area (Å²) >= 11 is 0. The highest BCUT2D eigenvalue weighted by atomic mass is 16.7. The van der Waals surface area contributed by atoms with Crippen molar-refractivity contribution in [2.75, 3.05) is 6.61 Å². The van der Waals surface area contributed by atoms with Crippen molar-refractivity contribution in [3.63, 3.8) is 0 Å². The number of hydrogen-bond donors (Lipinski definition) is 1. The van der Waals surface area contributed by atoms with Gasteiger partial charge < -0.3 is 19.5 Å². The van der Waals surface area contributed by atoms with E-state index in [0.717, 1.165) is 24.2 Å². The molecule has 1 amide bonds. The van der Waals surface area contributed by atoms with Gasteiger partial charge in [-0.3, -0.25) is 4.98 Å². The first kappa shape index (κ1) is 28.6. The number of amides is 1. The lowest BCUT2D eigenvalue weighted by Gasteiger charge is -2.41. The van der Waals surface area contributed by atoms with Crippen LogP contribution >= 0.6 is 0 Å². The van der Waals surface area contributed by atoms with E-state index in [4.69, 9.17) is 19.2 Å². The maximum absolute atomic E-state index is 12.4. The van der Waals surface area contributed by atoms with Crippen molar-refractivity contribution in [1.29, 1.82) is 0 Å². The van der Waals surface area contributed by atoms with Crippen LogP contribution in [0.2, 0.25) is 0 Å². The number of carbonyl (C=O) groups excluding carboxylic acids is 1. The van der Waals surface area contributed by atoms with Crippen LogP contribution in [-0.4, -0.2) is 35.1 Å². The lowest BCUT2D eigenvalue weighted by molar-refractivity contribution is -0.285. The molecule has 1 aliphatic heterocycles. The van der Waals surface area contributed by atoms with E-state index < -0.39 is 23.6 Å². The first-order valence-corrected chi connectivity index (χ1v) is 13.4. The summed E-state index contributed by atoms with van der Waals surface area (Å²) in [7, 11) is 0. The molecule has 1 fully saturated rings. The van der Waals surface area contributed by atoms with Crippen LogP contribution in [0.4, 0.5) is 4.79 Å². The summed E-state index contributed by atoms with van der Waals surface area (Å²) in [6.07, 6.45) is 13.3. The normalized spacial score (nSPS) is 20.2. The topological polar surface area (TPSA) is 69.7 Å². The quantitative estimate of drug-likeness (QED) is 0.303. The molecule has 2 atom stereocenters. The number of nitrogens with one attached hydrogen (secondary N) is 1. The Labute approximate surface area is 207 Å². The Morgan fingerprint density at radius 3 is 2.29 bits per heavy atom. The van der Waals surface area contributed by atoms with Crippen molar-refractivity contribution in [2.45, 2.75) is 136 Å². The van der Waals surface area contributed by atoms with Crippen LogP contribution in [0, 0.1) is 0 Å². The Kier molecular flexibility index (Phi) is 11.8. The number of unbranched alkanes of at least 4 members (excludes halogenated alkanes) is 9. The predicted molar refractivity (Wildman–Crippen MR) is 137 cm³/mol. The molecule has 6 heteroatoms. The fourth-order valence-electron chi connectivity index (χ4n) is 4.23. The Bertz CT molecular complexity index is 729. The van der Waals surface area contributed by atoms with Gasteiger partial charge in [0.2, 0.25) is 0 Å². The van der Waals surface area contributed by atoms with E-state index in [1.54, 1.807) is 0 Å². The third kappa shape index (κ3) is 11.2. The molecule has 1 aromatic heterocycles. The van der Waals surface area contributed by atoms with Gasteiger partial charge in [-0.1, -0.05) is 70.8 Å². The Balaban J connectivity index is 1.86. The number of aryl methyl sites for hydroxylation is 1. The number of pyridine rings is 1. The minimum absolute atomic E-state index is 0.335. The molecule has 1 N–H and O–H groups in total. The van der Waals surface area contributed by atoms with Crippen molar-refractivity contribution in [3.05, 3.63) is 29.6 Å². The Morgan fingerprint density at radius 1 is 1.06 bits per heavy atom. The maximum Gasteiger partial charge on any atom is 0.408 e. The molecule has 0 spiro atoms. The number of hydrogen-bond acceptors (Lipinski definition) is 5. The van der Waals surface area contributed by atoms with Crippen molar-refractivity contribution >= 4 is 6.09 Å². The maximum atomic E-state index is 12.4. The van der Waals surface area contributed by atoms with E-state index in [0.29, 0.717) is 6.61 Å². The predicted octanol–water partition coefficient (Wildman–Crippen LogP) is 7.26. The highest BCUT2D eigenvalue weighted by molar-refractivity contribution is 5.68. The molecule has 2 heterocycles. The molecule has 0 aliphatic carbocycles. The monoisotopic (exact) mass is 476 g/mol. The van der Waals surface area contributed by atoms with E-state index in [-0.39, 0.29) is 6.04 Å². The second-order valence-corrected chi connectivity index (χ2v) is 11.0. The number of rotatable bonds is 13. The van der Waals surface area contributed by atoms with Crippen molar-refractivity contribution in [2.24, 2.45) is 0 Å². The first-order valence-electron chi connectivity index (χ1n) is 13.4. The molecular weight excluding hydrogens is 428 g/mol. The second kappa shape index (κ2) is 14.0. The summed E-state index contributed by atoms with van der Waals surface area (Å²) < 4.78 is 17.5. The smallest absolute Gasteiger partial charge is 0.408 e. The van der Waals surface area contributed by atoms with Gasteiger partial charge in [-0.2, -0.15) is 0 Å². The zero-order valence-corrected chi connectivity index (χ0v) is 22.5. The molecule has 1 saturated heterocycles. The highest BCUT2D eigenvalue weighted by Gasteiger charge is 2.39. The van der Waals surface area contributed by atoms with Gasteiger partial charge in [0.1, 0.15) is 11.7 Å². The third-order valence-corrected chi connectivity index (χ3v) is 6.00. The largest absolute Gasteiger partial charge is 0.444 e. The molecule has 0 bridgehead atoms. The molecule has 0 saturated carbocycles. The van der Waals surface area contributed by atoms with Gasteiger partial charge in [0.25, 0.3) is 0 Å². The zero-order valence-electron chi connectivity index (χ0n) is 22.5. The lowest BCUT2D eigenvalue weighted by Crippen LogP contribution is -2.53. The van der Waals surface area contributed by atoms with Gasteiger partial charge in [-0.15, -0.1) is 0 Å². The Hall–Kier alpha value is -1.66. The average molecular weight is 477 g/mol. The molecule has 194 valence electrons. The molecule has 0 radical (unpaired) electrons. The molecule has 0 unspecified atom stereocenters. The van der Waals surface area contributed by atoms with Crippen LogP contribution in [0.25, 0.3) is 0 Å². The second-order valence-electron chi connectivity index (χ2n) is 11.0. The number of aromatic nitrogens is 1. The summed E-state index contributed by atoms with van der Waals surface area (Å²) in [5.74, 6) is -0.745. The Morgan fingerprint density at radius 2 is 1.68 bits per heavy atom. The number of ether oxygens (including phenoxy) is 3. The summed E-state index contributed by atoms with van der Waals surface area (Å²) in [5, 5.41) is 2.92. The summed E-state index contributed by atoms with van der Waals surface area (Å²) in [6.45, 7) is 11.9. The standard InChI is InChI=1S/C28H48N2O4/c1-7-8-9-10-11-12-13-14-15-16-18-22-19-17-20-23(29-22)25-24(21-32-28(5,6)33-25)30-26(31)34-27(2,3)4/h17,19-20,24-25H,7-16,18,21H2,1-6H3,(H,30,31)/t24-,25+/m0/s1. The SMILES string of the molecule is CCCCCCCCCCCCc1cccc([C@H]2OC(C)(C)OC[C@@H]2NC(=O)OC(C)(C)C)n1. The van der Waals surface area contributed by atoms with Gasteiger partial charge in [0.05, 0.1) is 18.3 Å². The van der Waals surface area contributed by atoms with E-state index in [2.05, 4.69) is 18.3 Å². The minimum atomic E-state index is -0.745. The zero-order chi connectivity index (χ0) is 25.0. The number of alkyl carbamates (subject to hydrolysis) is 1. The van der Waals surface area contributed by atoms with Crippen LogP contribution in [-0.2, 0) is 20.6 Å². The summed E-state index contributed by atoms with van der Waals surface area (Å²) in [6, 6.07) is 5.71. The van der Waals surface area contributed by atoms with Gasteiger partial charge in [-0.25, -0.2) is 4.79 Å².